The molecule has 0 aliphatic heterocycles. The van der Waals surface area contributed by atoms with Crippen molar-refractivity contribution < 1.29 is 5.11 Å². The van der Waals surface area contributed by atoms with E-state index in [2.05, 4.69) is 20.7 Å². The minimum atomic E-state index is 0.272. The van der Waals surface area contributed by atoms with Crippen molar-refractivity contribution in [1.29, 1.82) is 0 Å². The van der Waals surface area contributed by atoms with Crippen molar-refractivity contribution in [3.05, 3.63) is 46.1 Å². The van der Waals surface area contributed by atoms with E-state index in [-0.39, 0.29) is 11.0 Å². The summed E-state index contributed by atoms with van der Waals surface area (Å²) in [5.74, 6) is 1.68. The number of thiophene rings is 1. The minimum absolute atomic E-state index is 0.272. The molecule has 1 fully saturated rings. The fourth-order valence-corrected chi connectivity index (χ4v) is 4.82. The molecule has 0 unspecified atom stereocenters. The third-order valence-electron chi connectivity index (χ3n) is 4.88. The summed E-state index contributed by atoms with van der Waals surface area (Å²) in [5, 5.41) is 16.5. The fraction of sp³-hybridized carbons (Fsp3) is 0.368. The van der Waals surface area contributed by atoms with Gasteiger partial charge in [0.1, 0.15) is 16.4 Å². The molecule has 1 saturated carbocycles. The standard InChI is InChI=1S/C19H20ClN3OS/c20-19-22-17(21-10-12-6-8-14(24)9-7-12)16-15(11-25-18(16)23-19)13-4-2-1-3-5-13/h6-9,11,13,24H,1-5,10H2,(H,21,22,23). The van der Waals surface area contributed by atoms with E-state index < -0.39 is 0 Å². The monoisotopic (exact) mass is 373 g/mol. The molecule has 6 heteroatoms. The van der Waals surface area contributed by atoms with Crippen LogP contribution in [0.4, 0.5) is 5.82 Å². The molecular formula is C19H20ClN3OS. The Kier molecular flexibility index (Phi) is 4.77. The van der Waals surface area contributed by atoms with Crippen molar-refractivity contribution >= 4 is 39.0 Å². The number of aromatic hydroxyl groups is 1. The summed E-state index contributed by atoms with van der Waals surface area (Å²) in [6, 6.07) is 7.19. The summed E-state index contributed by atoms with van der Waals surface area (Å²) in [4.78, 5) is 9.83. The molecule has 1 aliphatic rings. The number of phenolic OH excluding ortho intramolecular Hbond substituents is 1. The van der Waals surface area contributed by atoms with Crippen molar-refractivity contribution in [2.75, 3.05) is 5.32 Å². The van der Waals surface area contributed by atoms with Gasteiger partial charge in [0.05, 0.1) is 5.39 Å². The molecule has 0 bridgehead atoms. The van der Waals surface area contributed by atoms with Crippen molar-refractivity contribution in [3.63, 3.8) is 0 Å². The van der Waals surface area contributed by atoms with Gasteiger partial charge in [0.2, 0.25) is 5.28 Å². The van der Waals surface area contributed by atoms with E-state index in [0.29, 0.717) is 12.5 Å². The Hall–Kier alpha value is -1.85. The number of benzene rings is 1. The van der Waals surface area contributed by atoms with Gasteiger partial charge in [-0.25, -0.2) is 9.97 Å². The lowest BCUT2D eigenvalue weighted by Crippen LogP contribution is -2.07. The first kappa shape index (κ1) is 16.6. The zero-order valence-electron chi connectivity index (χ0n) is 13.8. The molecule has 4 nitrogen and oxygen atoms in total. The van der Waals surface area contributed by atoms with E-state index in [4.69, 9.17) is 11.6 Å². The van der Waals surface area contributed by atoms with Crippen LogP contribution >= 0.6 is 22.9 Å². The maximum atomic E-state index is 9.42. The van der Waals surface area contributed by atoms with Gasteiger partial charge < -0.3 is 10.4 Å². The maximum absolute atomic E-state index is 9.42. The average Bonchev–Trinajstić information content (AvgIpc) is 3.05. The predicted molar refractivity (Wildman–Crippen MR) is 104 cm³/mol. The molecule has 4 rings (SSSR count). The number of hydrogen-bond acceptors (Lipinski definition) is 5. The van der Waals surface area contributed by atoms with Gasteiger partial charge >= 0.3 is 0 Å². The molecule has 1 aliphatic carbocycles. The van der Waals surface area contributed by atoms with Gasteiger partial charge in [-0.05, 0) is 59.0 Å². The van der Waals surface area contributed by atoms with Gasteiger partial charge in [-0.1, -0.05) is 31.4 Å². The lowest BCUT2D eigenvalue weighted by molar-refractivity contribution is 0.446. The molecule has 0 saturated heterocycles. The Bertz CT molecular complexity index is 872. The van der Waals surface area contributed by atoms with Gasteiger partial charge in [0, 0.05) is 6.54 Å². The average molecular weight is 374 g/mol. The molecule has 0 spiro atoms. The van der Waals surface area contributed by atoms with Gasteiger partial charge in [-0.3, -0.25) is 0 Å². The molecule has 2 N–H and O–H groups in total. The second-order valence-electron chi connectivity index (χ2n) is 6.57. The quantitative estimate of drug-likeness (QED) is 0.575. The van der Waals surface area contributed by atoms with E-state index in [1.807, 2.05) is 12.1 Å². The van der Waals surface area contributed by atoms with Gasteiger partial charge in [0.15, 0.2) is 0 Å². The first-order chi connectivity index (χ1) is 12.2. The Morgan fingerprint density at radius 3 is 2.64 bits per heavy atom. The van der Waals surface area contributed by atoms with Gasteiger partial charge in [-0.2, -0.15) is 0 Å². The molecule has 0 atom stereocenters. The summed E-state index contributed by atoms with van der Waals surface area (Å²) in [6.07, 6.45) is 6.42. The number of nitrogens with zero attached hydrogens (tertiary/aromatic N) is 2. The number of fused-ring (bicyclic) bond motifs is 1. The highest BCUT2D eigenvalue weighted by atomic mass is 35.5. The molecule has 1 aromatic carbocycles. The summed E-state index contributed by atoms with van der Waals surface area (Å²) in [6.45, 7) is 0.628. The minimum Gasteiger partial charge on any atom is -0.508 e. The van der Waals surface area contributed by atoms with E-state index in [1.165, 1.54) is 37.7 Å². The normalized spacial score (nSPS) is 15.6. The summed E-state index contributed by atoms with van der Waals surface area (Å²) in [5.41, 5.74) is 2.44. The lowest BCUT2D eigenvalue weighted by atomic mass is 9.84. The molecular weight excluding hydrogens is 354 g/mol. The van der Waals surface area contributed by atoms with E-state index in [1.54, 1.807) is 23.5 Å². The van der Waals surface area contributed by atoms with Crippen LogP contribution in [0.5, 0.6) is 5.75 Å². The van der Waals surface area contributed by atoms with Crippen LogP contribution in [0.25, 0.3) is 10.2 Å². The number of anilines is 1. The van der Waals surface area contributed by atoms with Crippen molar-refractivity contribution in [1.82, 2.24) is 9.97 Å². The zero-order chi connectivity index (χ0) is 17.2. The fourth-order valence-electron chi connectivity index (χ4n) is 3.58. The van der Waals surface area contributed by atoms with Crippen LogP contribution in [-0.4, -0.2) is 15.1 Å². The molecule has 2 aromatic heterocycles. The van der Waals surface area contributed by atoms with Crippen LogP contribution in [0.3, 0.4) is 0 Å². The number of nitrogens with one attached hydrogen (secondary N) is 1. The highest BCUT2D eigenvalue weighted by molar-refractivity contribution is 7.17. The van der Waals surface area contributed by atoms with Gasteiger partial charge in [-0.15, -0.1) is 11.3 Å². The maximum Gasteiger partial charge on any atom is 0.225 e. The van der Waals surface area contributed by atoms with Gasteiger partial charge in [0.25, 0.3) is 0 Å². The van der Waals surface area contributed by atoms with Crippen molar-refractivity contribution in [2.45, 2.75) is 44.6 Å². The van der Waals surface area contributed by atoms with Crippen LogP contribution in [-0.2, 0) is 6.54 Å². The summed E-state index contributed by atoms with van der Waals surface area (Å²) < 4.78 is 0. The second kappa shape index (κ2) is 7.18. The van der Waals surface area contributed by atoms with E-state index in [9.17, 15) is 5.11 Å². The van der Waals surface area contributed by atoms with Crippen LogP contribution < -0.4 is 5.32 Å². The Morgan fingerprint density at radius 1 is 1.12 bits per heavy atom. The third kappa shape index (κ3) is 3.58. The largest absolute Gasteiger partial charge is 0.508 e. The Morgan fingerprint density at radius 2 is 1.88 bits per heavy atom. The number of phenols is 1. The topological polar surface area (TPSA) is 58.0 Å². The number of hydrogen-bond donors (Lipinski definition) is 2. The zero-order valence-corrected chi connectivity index (χ0v) is 15.4. The Balaban J connectivity index is 1.66. The SMILES string of the molecule is Oc1ccc(CNc2nc(Cl)nc3scc(C4CCCCC4)c23)cc1. The van der Waals surface area contributed by atoms with Crippen molar-refractivity contribution in [3.8, 4) is 5.75 Å². The van der Waals surface area contributed by atoms with E-state index >= 15 is 0 Å². The molecule has 25 heavy (non-hydrogen) atoms. The summed E-state index contributed by atoms with van der Waals surface area (Å²) in [7, 11) is 0. The molecule has 3 aromatic rings. The second-order valence-corrected chi connectivity index (χ2v) is 7.76. The molecule has 0 radical (unpaired) electrons. The lowest BCUT2D eigenvalue weighted by Gasteiger charge is -2.21. The third-order valence-corrected chi connectivity index (χ3v) is 5.94. The first-order valence-electron chi connectivity index (χ1n) is 8.67. The highest BCUT2D eigenvalue weighted by Gasteiger charge is 2.22. The summed E-state index contributed by atoms with van der Waals surface area (Å²) >= 11 is 7.78. The number of rotatable bonds is 4. The van der Waals surface area contributed by atoms with Crippen LogP contribution in [0.2, 0.25) is 5.28 Å². The van der Waals surface area contributed by atoms with E-state index in [0.717, 1.165) is 21.6 Å². The number of aromatic nitrogens is 2. The van der Waals surface area contributed by atoms with Crippen LogP contribution in [0.1, 0.15) is 49.1 Å². The smallest absolute Gasteiger partial charge is 0.225 e. The predicted octanol–water partition coefficient (Wildman–Crippen LogP) is 5.71. The first-order valence-corrected chi connectivity index (χ1v) is 9.93. The highest BCUT2D eigenvalue weighted by Crippen LogP contribution is 2.41. The number of halogens is 1. The molecule has 0 amide bonds. The van der Waals surface area contributed by atoms with Crippen LogP contribution in [0, 0.1) is 0 Å². The van der Waals surface area contributed by atoms with Crippen molar-refractivity contribution in [2.24, 2.45) is 0 Å². The molecule has 130 valence electrons. The van der Waals surface area contributed by atoms with Crippen LogP contribution in [0.15, 0.2) is 29.6 Å². The Labute approximate surface area is 155 Å². The molecule has 2 heterocycles.